The van der Waals surface area contributed by atoms with Crippen LogP contribution in [0.4, 0.5) is 0 Å². The van der Waals surface area contributed by atoms with E-state index in [4.69, 9.17) is 18.9 Å². The maximum absolute atomic E-state index is 12.5. The third-order valence-corrected chi connectivity index (χ3v) is 4.14. The number of esters is 1. The van der Waals surface area contributed by atoms with Crippen LogP contribution in [0.5, 0.6) is 11.5 Å². The zero-order valence-electron chi connectivity index (χ0n) is 14.3. The van der Waals surface area contributed by atoms with Gasteiger partial charge in [0.2, 0.25) is 0 Å². The van der Waals surface area contributed by atoms with Crippen molar-refractivity contribution in [1.82, 2.24) is 0 Å². The number of ether oxygens (including phenoxy) is 4. The summed E-state index contributed by atoms with van der Waals surface area (Å²) < 4.78 is 21.2. The molecule has 0 unspecified atom stereocenters. The monoisotopic (exact) mass is 338 g/mol. The Morgan fingerprint density at radius 3 is 2.50 bits per heavy atom. The molecular formula is C18H26O6. The Hall–Kier alpha value is -1.79. The van der Waals surface area contributed by atoms with Gasteiger partial charge in [-0.3, -0.25) is 0 Å². The van der Waals surface area contributed by atoms with Crippen LogP contribution in [0.25, 0.3) is 0 Å². The van der Waals surface area contributed by atoms with Crippen molar-refractivity contribution in [2.45, 2.75) is 50.7 Å². The number of rotatable bonds is 6. The summed E-state index contributed by atoms with van der Waals surface area (Å²) in [6.45, 7) is 0.0365. The number of carbonyl (C=O) groups is 1. The molecular weight excluding hydrogens is 312 g/mol. The number of carbonyl (C=O) groups excluding carboxylic acids is 1. The third kappa shape index (κ3) is 5.39. The zero-order valence-corrected chi connectivity index (χ0v) is 14.3. The van der Waals surface area contributed by atoms with E-state index in [0.717, 1.165) is 38.5 Å². The first-order chi connectivity index (χ1) is 11.6. The minimum Gasteiger partial charge on any atom is -0.497 e. The maximum Gasteiger partial charge on any atom is 0.342 e. The van der Waals surface area contributed by atoms with Gasteiger partial charge < -0.3 is 24.1 Å². The Kier molecular flexibility index (Phi) is 7.34. The second kappa shape index (κ2) is 9.49. The fourth-order valence-corrected chi connectivity index (χ4v) is 2.82. The number of hydrogen-bond acceptors (Lipinski definition) is 6. The molecule has 1 aliphatic rings. The molecule has 2 rings (SSSR count). The SMILES string of the molecule is COCOc1cc(OC)ccc1C(=O)OC1CCCC(O)CCC1. The van der Waals surface area contributed by atoms with E-state index in [1.54, 1.807) is 25.3 Å². The summed E-state index contributed by atoms with van der Waals surface area (Å²) in [4.78, 5) is 12.5. The number of benzene rings is 1. The minimum absolute atomic E-state index is 0.0365. The van der Waals surface area contributed by atoms with E-state index in [9.17, 15) is 9.90 Å². The number of aliphatic hydroxyl groups is 1. The minimum atomic E-state index is -0.408. The molecule has 24 heavy (non-hydrogen) atoms. The van der Waals surface area contributed by atoms with Crippen molar-refractivity contribution < 1.29 is 28.8 Å². The summed E-state index contributed by atoms with van der Waals surface area (Å²) in [5.41, 5.74) is 0.356. The first-order valence-electron chi connectivity index (χ1n) is 8.33. The molecule has 0 aliphatic heterocycles. The van der Waals surface area contributed by atoms with Gasteiger partial charge in [-0.25, -0.2) is 4.79 Å². The molecule has 0 spiro atoms. The largest absolute Gasteiger partial charge is 0.497 e. The predicted octanol–water partition coefficient (Wildman–Crippen LogP) is 2.92. The molecule has 0 aromatic heterocycles. The molecule has 1 saturated carbocycles. The van der Waals surface area contributed by atoms with Gasteiger partial charge >= 0.3 is 5.97 Å². The molecule has 0 atom stereocenters. The summed E-state index contributed by atoms with van der Waals surface area (Å²) >= 11 is 0. The highest BCUT2D eigenvalue weighted by atomic mass is 16.7. The smallest absolute Gasteiger partial charge is 0.342 e. The molecule has 6 nitrogen and oxygen atoms in total. The zero-order chi connectivity index (χ0) is 17.4. The second-order valence-electron chi connectivity index (χ2n) is 5.96. The first-order valence-corrected chi connectivity index (χ1v) is 8.33. The molecule has 1 N–H and O–H groups in total. The summed E-state index contributed by atoms with van der Waals surface area (Å²) in [5.74, 6) is 0.565. The van der Waals surface area contributed by atoms with Crippen LogP contribution in [0.2, 0.25) is 0 Å². The Bertz CT molecular complexity index is 520. The lowest BCUT2D eigenvalue weighted by Gasteiger charge is -2.22. The number of aliphatic hydroxyl groups excluding tert-OH is 1. The van der Waals surface area contributed by atoms with Gasteiger partial charge in [-0.05, 0) is 50.7 Å². The normalized spacial score (nSPS) is 21.5. The fraction of sp³-hybridized carbons (Fsp3) is 0.611. The van der Waals surface area contributed by atoms with Crippen molar-refractivity contribution in [2.24, 2.45) is 0 Å². The lowest BCUT2D eigenvalue weighted by molar-refractivity contribution is 0.0180. The quantitative estimate of drug-likeness (QED) is 0.635. The molecule has 6 heteroatoms. The standard InChI is InChI=1S/C18H26O6/c1-21-12-23-17-11-15(22-2)9-10-16(17)18(20)24-14-7-3-5-13(19)6-4-8-14/h9-11,13-14,19H,3-8,12H2,1-2H3. The van der Waals surface area contributed by atoms with E-state index in [1.165, 1.54) is 7.11 Å². The summed E-state index contributed by atoms with van der Waals surface area (Å²) in [7, 11) is 3.07. The highest BCUT2D eigenvalue weighted by molar-refractivity contribution is 5.92. The number of hydrogen-bond donors (Lipinski definition) is 1. The first kappa shape index (κ1) is 18.5. The third-order valence-electron chi connectivity index (χ3n) is 4.14. The van der Waals surface area contributed by atoms with Gasteiger partial charge in [-0.15, -0.1) is 0 Å². The molecule has 1 aromatic carbocycles. The van der Waals surface area contributed by atoms with Crippen molar-refractivity contribution >= 4 is 5.97 Å². The average Bonchev–Trinajstić information content (AvgIpc) is 2.57. The van der Waals surface area contributed by atoms with Gasteiger partial charge in [0.25, 0.3) is 0 Å². The van der Waals surface area contributed by atoms with Crippen LogP contribution in [-0.4, -0.2) is 44.3 Å². The summed E-state index contributed by atoms with van der Waals surface area (Å²) in [5, 5.41) is 9.68. The van der Waals surface area contributed by atoms with Gasteiger partial charge in [0.1, 0.15) is 23.2 Å². The molecule has 134 valence electrons. The van der Waals surface area contributed by atoms with Crippen LogP contribution in [0.3, 0.4) is 0 Å². The van der Waals surface area contributed by atoms with Crippen molar-refractivity contribution in [3.05, 3.63) is 23.8 Å². The molecule has 0 saturated heterocycles. The average molecular weight is 338 g/mol. The topological polar surface area (TPSA) is 74.2 Å². The molecule has 0 radical (unpaired) electrons. The van der Waals surface area contributed by atoms with Crippen molar-refractivity contribution in [3.63, 3.8) is 0 Å². The molecule has 1 fully saturated rings. The highest BCUT2D eigenvalue weighted by Crippen LogP contribution is 2.27. The van der Waals surface area contributed by atoms with Gasteiger partial charge in [-0.2, -0.15) is 0 Å². The van der Waals surface area contributed by atoms with Crippen LogP contribution < -0.4 is 9.47 Å². The van der Waals surface area contributed by atoms with Gasteiger partial charge in [0.05, 0.1) is 13.2 Å². The maximum atomic E-state index is 12.5. The van der Waals surface area contributed by atoms with Crippen LogP contribution in [0.1, 0.15) is 48.9 Å². The fourth-order valence-electron chi connectivity index (χ4n) is 2.82. The van der Waals surface area contributed by atoms with Gasteiger partial charge in [0, 0.05) is 13.2 Å². The Morgan fingerprint density at radius 2 is 1.88 bits per heavy atom. The highest BCUT2D eigenvalue weighted by Gasteiger charge is 2.22. The van der Waals surface area contributed by atoms with Gasteiger partial charge in [0.15, 0.2) is 6.79 Å². The summed E-state index contributed by atoms with van der Waals surface area (Å²) in [6.07, 6.45) is 4.43. The van der Waals surface area contributed by atoms with Crippen LogP contribution in [0, 0.1) is 0 Å². The van der Waals surface area contributed by atoms with Crippen molar-refractivity contribution in [3.8, 4) is 11.5 Å². The van der Waals surface area contributed by atoms with Crippen molar-refractivity contribution in [2.75, 3.05) is 21.0 Å². The van der Waals surface area contributed by atoms with Crippen molar-refractivity contribution in [1.29, 1.82) is 0 Å². The molecule has 1 aromatic rings. The van der Waals surface area contributed by atoms with E-state index in [-0.39, 0.29) is 19.0 Å². The van der Waals surface area contributed by atoms with Crippen LogP contribution >= 0.6 is 0 Å². The van der Waals surface area contributed by atoms with Crippen LogP contribution in [-0.2, 0) is 9.47 Å². The molecule has 0 bridgehead atoms. The molecule has 1 aliphatic carbocycles. The molecule has 0 amide bonds. The summed E-state index contributed by atoms with van der Waals surface area (Å²) in [6, 6.07) is 4.98. The Labute approximate surface area is 142 Å². The van der Waals surface area contributed by atoms with E-state index >= 15 is 0 Å². The molecule has 0 heterocycles. The van der Waals surface area contributed by atoms with Gasteiger partial charge in [-0.1, -0.05) is 0 Å². The van der Waals surface area contributed by atoms with Crippen LogP contribution in [0.15, 0.2) is 18.2 Å². The Morgan fingerprint density at radius 1 is 1.17 bits per heavy atom. The van der Waals surface area contributed by atoms with E-state index in [1.807, 2.05) is 0 Å². The van der Waals surface area contributed by atoms with E-state index < -0.39 is 5.97 Å². The lowest BCUT2D eigenvalue weighted by atomic mass is 9.96. The number of methoxy groups -OCH3 is 2. The van der Waals surface area contributed by atoms with E-state index in [2.05, 4.69) is 0 Å². The lowest BCUT2D eigenvalue weighted by Crippen LogP contribution is -2.22. The van der Waals surface area contributed by atoms with E-state index in [0.29, 0.717) is 17.1 Å². The second-order valence-corrected chi connectivity index (χ2v) is 5.96. The Balaban J connectivity index is 2.04. The predicted molar refractivity (Wildman–Crippen MR) is 88.4 cm³/mol.